The molecule has 432 valence electrons. The van der Waals surface area contributed by atoms with Crippen LogP contribution in [0.2, 0.25) is 0 Å². The Balaban J connectivity index is 4.31. The van der Waals surface area contributed by atoms with Gasteiger partial charge in [-0.1, -0.05) is 305 Å². The molecule has 0 N–H and O–H groups in total. The van der Waals surface area contributed by atoms with Gasteiger partial charge in [0.25, 0.3) is 0 Å². The van der Waals surface area contributed by atoms with Gasteiger partial charge in [-0.3, -0.25) is 14.4 Å². The van der Waals surface area contributed by atoms with E-state index in [4.69, 9.17) is 14.2 Å². The molecule has 0 amide bonds. The summed E-state index contributed by atoms with van der Waals surface area (Å²) in [6.45, 7) is 6.52. The topological polar surface area (TPSA) is 78.9 Å². The lowest BCUT2D eigenvalue weighted by Gasteiger charge is -2.18. The summed E-state index contributed by atoms with van der Waals surface area (Å²) in [6.07, 6.45) is 83.1. The molecule has 0 heterocycles. The summed E-state index contributed by atoms with van der Waals surface area (Å²) in [7, 11) is 0. The summed E-state index contributed by atoms with van der Waals surface area (Å²) < 4.78 is 16.9. The van der Waals surface area contributed by atoms with Crippen molar-refractivity contribution in [1.82, 2.24) is 0 Å². The molecule has 0 bridgehead atoms. The Bertz CT molecular complexity index is 1430. The van der Waals surface area contributed by atoms with Crippen LogP contribution in [0.3, 0.4) is 0 Å². The van der Waals surface area contributed by atoms with E-state index in [0.717, 1.165) is 109 Å². The highest BCUT2D eigenvalue weighted by molar-refractivity contribution is 5.71. The van der Waals surface area contributed by atoms with Gasteiger partial charge >= 0.3 is 17.9 Å². The molecule has 0 aliphatic rings. The Hall–Kier alpha value is -3.41. The number of rotatable bonds is 58. The molecule has 0 aliphatic heterocycles. The average molecular weight is 1050 g/mol. The van der Waals surface area contributed by atoms with Gasteiger partial charge in [-0.2, -0.15) is 0 Å². The summed E-state index contributed by atoms with van der Waals surface area (Å²) >= 11 is 0. The average Bonchev–Trinajstić information content (AvgIpc) is 3.41. The highest BCUT2D eigenvalue weighted by Gasteiger charge is 2.19. The van der Waals surface area contributed by atoms with Crippen molar-refractivity contribution in [2.24, 2.45) is 0 Å². The number of allylic oxidation sites excluding steroid dienone is 14. The van der Waals surface area contributed by atoms with E-state index in [1.54, 1.807) is 0 Å². The molecule has 0 aliphatic carbocycles. The third kappa shape index (κ3) is 61.3. The lowest BCUT2D eigenvalue weighted by atomic mass is 10.0. The fraction of sp³-hybridized carbons (Fsp3) is 0.754. The van der Waals surface area contributed by atoms with Crippen molar-refractivity contribution in [2.75, 3.05) is 13.2 Å². The smallest absolute Gasteiger partial charge is 0.306 e. The predicted molar refractivity (Wildman–Crippen MR) is 325 cm³/mol. The van der Waals surface area contributed by atoms with E-state index in [0.29, 0.717) is 19.3 Å². The van der Waals surface area contributed by atoms with Crippen molar-refractivity contribution >= 4 is 17.9 Å². The SMILES string of the molecule is CC/C=C\C/C=C\C/C=C\C/C=C\C/C=C\C/C=C\C/C=C\CCCCCC(=O)OCC(COC(=O)CCCCCCCCCCCC)OC(=O)CCCCCCCCCCCCCCCCCCCCCCCC. The van der Waals surface area contributed by atoms with Gasteiger partial charge in [-0.25, -0.2) is 0 Å². The molecule has 0 saturated carbocycles. The number of carbonyl (C=O) groups is 3. The van der Waals surface area contributed by atoms with Gasteiger partial charge in [0, 0.05) is 19.3 Å². The van der Waals surface area contributed by atoms with Crippen molar-refractivity contribution in [3.8, 4) is 0 Å². The largest absolute Gasteiger partial charge is 0.462 e. The fourth-order valence-corrected chi connectivity index (χ4v) is 9.13. The first-order valence-corrected chi connectivity index (χ1v) is 32.1. The first-order chi connectivity index (χ1) is 37.0. The predicted octanol–water partition coefficient (Wildman–Crippen LogP) is 21.9. The quantitative estimate of drug-likeness (QED) is 0.0261. The fourth-order valence-electron chi connectivity index (χ4n) is 9.13. The second kappa shape index (κ2) is 63.1. The summed E-state index contributed by atoms with van der Waals surface area (Å²) in [5.74, 6) is -0.905. The third-order valence-corrected chi connectivity index (χ3v) is 13.9. The molecule has 6 heteroatoms. The van der Waals surface area contributed by atoms with Crippen LogP contribution in [0, 0.1) is 0 Å². The Morgan fingerprint density at radius 2 is 0.520 bits per heavy atom. The second-order valence-electron chi connectivity index (χ2n) is 21.3. The molecule has 6 nitrogen and oxygen atoms in total. The number of ether oxygens (including phenoxy) is 3. The molecule has 0 saturated heterocycles. The van der Waals surface area contributed by atoms with Gasteiger partial charge in [0.15, 0.2) is 6.10 Å². The third-order valence-electron chi connectivity index (χ3n) is 13.9. The van der Waals surface area contributed by atoms with E-state index < -0.39 is 6.10 Å². The van der Waals surface area contributed by atoms with E-state index in [1.807, 2.05) is 0 Å². The van der Waals surface area contributed by atoms with Crippen molar-refractivity contribution in [3.05, 3.63) is 85.1 Å². The maximum atomic E-state index is 12.9. The molecule has 0 aromatic rings. The molecule has 0 rings (SSSR count). The van der Waals surface area contributed by atoms with Crippen LogP contribution in [0.15, 0.2) is 85.1 Å². The summed E-state index contributed by atoms with van der Waals surface area (Å²) in [4.78, 5) is 38.2. The summed E-state index contributed by atoms with van der Waals surface area (Å²) in [5, 5.41) is 0. The zero-order chi connectivity index (χ0) is 54.3. The molecule has 0 aromatic heterocycles. The molecule has 75 heavy (non-hydrogen) atoms. The standard InChI is InChI=1S/C69H120O6/c1-4-7-10-13-16-19-22-24-26-28-30-32-34-35-36-38-39-41-43-45-47-50-53-56-59-62-68(71)74-65-66(64-73-67(70)61-58-55-52-49-21-18-15-12-9-6-3)75-69(72)63-60-57-54-51-48-46-44-42-40-37-33-31-29-27-25-23-20-17-14-11-8-5-2/h7,10,16,19,24,26,30,32,35-36,39,41,45,47,66H,4-6,8-9,11-15,17-18,20-23,25,27-29,31,33-34,37-38,40,42-44,46,48-65H2,1-3H3/b10-7-,19-16-,26-24-,32-30-,36-35-,41-39-,47-45-. The molecule has 0 aromatic carbocycles. The van der Waals surface area contributed by atoms with Gasteiger partial charge < -0.3 is 14.2 Å². The van der Waals surface area contributed by atoms with Gasteiger partial charge in [0.05, 0.1) is 0 Å². The number of unbranched alkanes of at least 4 members (excludes halogenated alkanes) is 33. The Labute approximate surface area is 465 Å². The van der Waals surface area contributed by atoms with Crippen LogP contribution in [0.4, 0.5) is 0 Å². The van der Waals surface area contributed by atoms with Crippen LogP contribution in [0.1, 0.15) is 316 Å². The first kappa shape index (κ1) is 71.6. The van der Waals surface area contributed by atoms with Crippen LogP contribution in [-0.4, -0.2) is 37.2 Å². The Morgan fingerprint density at radius 1 is 0.280 bits per heavy atom. The van der Waals surface area contributed by atoms with E-state index in [1.165, 1.54) is 167 Å². The highest BCUT2D eigenvalue weighted by atomic mass is 16.6. The molecule has 0 fully saturated rings. The zero-order valence-corrected chi connectivity index (χ0v) is 49.6. The zero-order valence-electron chi connectivity index (χ0n) is 49.6. The monoisotopic (exact) mass is 1040 g/mol. The minimum atomic E-state index is -0.788. The minimum Gasteiger partial charge on any atom is -0.462 e. The van der Waals surface area contributed by atoms with Gasteiger partial charge in [0.1, 0.15) is 13.2 Å². The van der Waals surface area contributed by atoms with Crippen LogP contribution in [0.5, 0.6) is 0 Å². The lowest BCUT2D eigenvalue weighted by Crippen LogP contribution is -2.30. The maximum Gasteiger partial charge on any atom is 0.306 e. The van der Waals surface area contributed by atoms with Crippen LogP contribution >= 0.6 is 0 Å². The van der Waals surface area contributed by atoms with Gasteiger partial charge in [-0.15, -0.1) is 0 Å². The Kier molecular flexibility index (Phi) is 60.3. The minimum absolute atomic E-state index is 0.0835. The van der Waals surface area contributed by atoms with Crippen LogP contribution < -0.4 is 0 Å². The lowest BCUT2D eigenvalue weighted by molar-refractivity contribution is -0.167. The molecule has 0 radical (unpaired) electrons. The van der Waals surface area contributed by atoms with Crippen molar-refractivity contribution in [3.63, 3.8) is 0 Å². The first-order valence-electron chi connectivity index (χ1n) is 32.1. The van der Waals surface area contributed by atoms with E-state index in [2.05, 4.69) is 106 Å². The van der Waals surface area contributed by atoms with Gasteiger partial charge in [-0.05, 0) is 77.0 Å². The molecule has 0 spiro atoms. The normalized spacial score (nSPS) is 12.6. The second-order valence-corrected chi connectivity index (χ2v) is 21.3. The van der Waals surface area contributed by atoms with Crippen LogP contribution in [-0.2, 0) is 28.6 Å². The summed E-state index contributed by atoms with van der Waals surface area (Å²) in [5.41, 5.74) is 0. The van der Waals surface area contributed by atoms with E-state index in [-0.39, 0.29) is 31.1 Å². The molecular formula is C69H120O6. The van der Waals surface area contributed by atoms with E-state index >= 15 is 0 Å². The van der Waals surface area contributed by atoms with Crippen molar-refractivity contribution in [1.29, 1.82) is 0 Å². The molecule has 1 atom stereocenters. The Morgan fingerprint density at radius 3 is 0.813 bits per heavy atom. The molecular weight excluding hydrogens is 925 g/mol. The summed E-state index contributed by atoms with van der Waals surface area (Å²) in [6, 6.07) is 0. The van der Waals surface area contributed by atoms with Crippen LogP contribution in [0.25, 0.3) is 0 Å². The number of esters is 3. The number of hydrogen-bond acceptors (Lipinski definition) is 6. The number of carbonyl (C=O) groups excluding carboxylic acids is 3. The maximum absolute atomic E-state index is 12.9. The highest BCUT2D eigenvalue weighted by Crippen LogP contribution is 2.17. The van der Waals surface area contributed by atoms with E-state index in [9.17, 15) is 14.4 Å². The number of hydrogen-bond donors (Lipinski definition) is 0. The van der Waals surface area contributed by atoms with Gasteiger partial charge in [0.2, 0.25) is 0 Å². The molecule has 1 unspecified atom stereocenters. The van der Waals surface area contributed by atoms with Crippen molar-refractivity contribution in [2.45, 2.75) is 322 Å². The van der Waals surface area contributed by atoms with Crippen molar-refractivity contribution < 1.29 is 28.6 Å².